The smallest absolute Gasteiger partial charge is 0.119 e. The lowest BCUT2D eigenvalue weighted by molar-refractivity contribution is -0.0361. The van der Waals surface area contributed by atoms with Gasteiger partial charge in [-0.05, 0) is 26.0 Å². The van der Waals surface area contributed by atoms with E-state index in [9.17, 15) is 5.11 Å². The summed E-state index contributed by atoms with van der Waals surface area (Å²) in [5.41, 5.74) is 1.20. The number of β-amino-alcohol motifs (C(OH)–C–C–N with tert-alkyl or cyclic N) is 1. The van der Waals surface area contributed by atoms with Gasteiger partial charge < -0.3 is 14.6 Å². The molecule has 1 aromatic carbocycles. The van der Waals surface area contributed by atoms with E-state index in [1.807, 2.05) is 31.2 Å². The largest absolute Gasteiger partial charge is 0.491 e. The molecule has 1 saturated heterocycles. The Labute approximate surface area is 114 Å². The SMILES string of the molecule is Cc1ccc(OC[C@H](O)CN2CCO[C@H](C)C2)cc1. The minimum Gasteiger partial charge on any atom is -0.491 e. The van der Waals surface area contributed by atoms with Gasteiger partial charge in [-0.3, -0.25) is 4.90 Å². The molecule has 4 heteroatoms. The van der Waals surface area contributed by atoms with Crippen LogP contribution in [0.25, 0.3) is 0 Å². The third-order valence-electron chi connectivity index (χ3n) is 3.26. The van der Waals surface area contributed by atoms with E-state index in [1.54, 1.807) is 0 Å². The molecule has 4 nitrogen and oxygen atoms in total. The molecule has 1 aliphatic rings. The number of hydrogen-bond donors (Lipinski definition) is 1. The molecule has 106 valence electrons. The summed E-state index contributed by atoms with van der Waals surface area (Å²) in [6, 6.07) is 7.87. The highest BCUT2D eigenvalue weighted by Crippen LogP contribution is 2.12. The van der Waals surface area contributed by atoms with Crippen molar-refractivity contribution in [3.05, 3.63) is 29.8 Å². The fourth-order valence-electron chi connectivity index (χ4n) is 2.23. The van der Waals surface area contributed by atoms with Gasteiger partial charge in [-0.25, -0.2) is 0 Å². The van der Waals surface area contributed by atoms with Crippen LogP contribution in [0.4, 0.5) is 0 Å². The Kier molecular flexibility index (Phi) is 5.19. The van der Waals surface area contributed by atoms with Crippen LogP contribution in [-0.2, 0) is 4.74 Å². The summed E-state index contributed by atoms with van der Waals surface area (Å²) in [5, 5.41) is 10.00. The van der Waals surface area contributed by atoms with Gasteiger partial charge in [0.1, 0.15) is 18.5 Å². The average molecular weight is 265 g/mol. The summed E-state index contributed by atoms with van der Waals surface area (Å²) in [6.45, 7) is 7.56. The molecule has 0 unspecified atom stereocenters. The first-order chi connectivity index (χ1) is 9.13. The summed E-state index contributed by atoms with van der Waals surface area (Å²) in [5.74, 6) is 0.806. The van der Waals surface area contributed by atoms with Crippen LogP contribution >= 0.6 is 0 Å². The number of benzene rings is 1. The van der Waals surface area contributed by atoms with Crippen LogP contribution in [-0.4, -0.2) is 55.1 Å². The van der Waals surface area contributed by atoms with Crippen molar-refractivity contribution in [2.45, 2.75) is 26.1 Å². The zero-order chi connectivity index (χ0) is 13.7. The van der Waals surface area contributed by atoms with E-state index < -0.39 is 6.10 Å². The number of morpholine rings is 1. The summed E-state index contributed by atoms with van der Waals surface area (Å²) < 4.78 is 11.1. The zero-order valence-corrected chi connectivity index (χ0v) is 11.7. The Bertz CT molecular complexity index is 379. The molecule has 2 atom stereocenters. The molecule has 1 N–H and O–H groups in total. The lowest BCUT2D eigenvalue weighted by atomic mass is 10.2. The van der Waals surface area contributed by atoms with Crippen LogP contribution in [0.15, 0.2) is 24.3 Å². The quantitative estimate of drug-likeness (QED) is 0.875. The molecule has 1 fully saturated rings. The molecular weight excluding hydrogens is 242 g/mol. The highest BCUT2D eigenvalue weighted by molar-refractivity contribution is 5.26. The van der Waals surface area contributed by atoms with Crippen LogP contribution in [0.2, 0.25) is 0 Å². The zero-order valence-electron chi connectivity index (χ0n) is 11.7. The maximum atomic E-state index is 10.00. The lowest BCUT2D eigenvalue weighted by Crippen LogP contribution is -2.45. The van der Waals surface area contributed by atoms with Gasteiger partial charge >= 0.3 is 0 Å². The van der Waals surface area contributed by atoms with Gasteiger partial charge in [-0.1, -0.05) is 17.7 Å². The van der Waals surface area contributed by atoms with E-state index in [2.05, 4.69) is 11.8 Å². The molecule has 19 heavy (non-hydrogen) atoms. The Balaban J connectivity index is 1.72. The fourth-order valence-corrected chi connectivity index (χ4v) is 2.23. The first kappa shape index (κ1) is 14.3. The molecule has 1 aromatic rings. The van der Waals surface area contributed by atoms with Gasteiger partial charge in [0.05, 0.1) is 12.7 Å². The van der Waals surface area contributed by atoms with E-state index in [4.69, 9.17) is 9.47 Å². The van der Waals surface area contributed by atoms with E-state index in [1.165, 1.54) is 5.56 Å². The summed E-state index contributed by atoms with van der Waals surface area (Å²) >= 11 is 0. The minimum atomic E-state index is -0.466. The molecule has 1 heterocycles. The molecule has 0 spiro atoms. The van der Waals surface area contributed by atoms with E-state index >= 15 is 0 Å². The number of aliphatic hydroxyl groups is 1. The summed E-state index contributed by atoms with van der Waals surface area (Å²) in [7, 11) is 0. The topological polar surface area (TPSA) is 41.9 Å². The Morgan fingerprint density at radius 3 is 2.84 bits per heavy atom. The van der Waals surface area contributed by atoms with Crippen LogP contribution in [0.5, 0.6) is 5.75 Å². The number of aryl methyl sites for hydroxylation is 1. The van der Waals surface area contributed by atoms with Crippen LogP contribution < -0.4 is 4.74 Å². The Hall–Kier alpha value is -1.10. The van der Waals surface area contributed by atoms with Gasteiger partial charge in [0.25, 0.3) is 0 Å². The van der Waals surface area contributed by atoms with Crippen molar-refractivity contribution in [1.29, 1.82) is 0 Å². The monoisotopic (exact) mass is 265 g/mol. The predicted molar refractivity (Wildman–Crippen MR) is 74.5 cm³/mol. The van der Waals surface area contributed by atoms with Gasteiger partial charge in [0.15, 0.2) is 0 Å². The van der Waals surface area contributed by atoms with Crippen molar-refractivity contribution in [3.63, 3.8) is 0 Å². The molecule has 0 saturated carbocycles. The number of aliphatic hydroxyl groups excluding tert-OH is 1. The molecule has 2 rings (SSSR count). The third-order valence-corrected chi connectivity index (χ3v) is 3.26. The highest BCUT2D eigenvalue weighted by atomic mass is 16.5. The van der Waals surface area contributed by atoms with E-state index in [0.29, 0.717) is 13.2 Å². The Morgan fingerprint density at radius 1 is 1.42 bits per heavy atom. The first-order valence-corrected chi connectivity index (χ1v) is 6.85. The van der Waals surface area contributed by atoms with Crippen molar-refractivity contribution in [2.75, 3.05) is 32.8 Å². The van der Waals surface area contributed by atoms with Gasteiger partial charge in [0.2, 0.25) is 0 Å². The maximum Gasteiger partial charge on any atom is 0.119 e. The minimum absolute atomic E-state index is 0.249. The third kappa shape index (κ3) is 4.82. The van der Waals surface area contributed by atoms with E-state index in [0.717, 1.165) is 25.4 Å². The van der Waals surface area contributed by atoms with Crippen molar-refractivity contribution in [2.24, 2.45) is 0 Å². The van der Waals surface area contributed by atoms with Crippen LogP contribution in [0.1, 0.15) is 12.5 Å². The van der Waals surface area contributed by atoms with Gasteiger partial charge in [0, 0.05) is 19.6 Å². The number of rotatable bonds is 5. The first-order valence-electron chi connectivity index (χ1n) is 6.85. The highest BCUT2D eigenvalue weighted by Gasteiger charge is 2.19. The average Bonchev–Trinajstić information content (AvgIpc) is 2.38. The molecule has 0 amide bonds. The second-order valence-electron chi connectivity index (χ2n) is 5.22. The molecular formula is C15H23NO3. The number of nitrogens with zero attached hydrogens (tertiary/aromatic N) is 1. The second kappa shape index (κ2) is 6.89. The number of hydrogen-bond acceptors (Lipinski definition) is 4. The van der Waals surface area contributed by atoms with Gasteiger partial charge in [-0.15, -0.1) is 0 Å². The van der Waals surface area contributed by atoms with Crippen LogP contribution in [0.3, 0.4) is 0 Å². The predicted octanol–water partition coefficient (Wildman–Crippen LogP) is 1.46. The van der Waals surface area contributed by atoms with Gasteiger partial charge in [-0.2, -0.15) is 0 Å². The summed E-state index contributed by atoms with van der Waals surface area (Å²) in [6.07, 6.45) is -0.217. The van der Waals surface area contributed by atoms with E-state index in [-0.39, 0.29) is 6.10 Å². The molecule has 0 aromatic heterocycles. The molecule has 0 aliphatic carbocycles. The molecule has 0 bridgehead atoms. The normalized spacial score (nSPS) is 22.2. The molecule has 1 aliphatic heterocycles. The van der Waals surface area contributed by atoms with Crippen molar-refractivity contribution >= 4 is 0 Å². The Morgan fingerprint density at radius 2 is 2.16 bits per heavy atom. The summed E-state index contributed by atoms with van der Waals surface area (Å²) in [4.78, 5) is 2.22. The standard InChI is InChI=1S/C15H23NO3/c1-12-3-5-15(6-4-12)19-11-14(17)10-16-7-8-18-13(2)9-16/h3-6,13-14,17H,7-11H2,1-2H3/t13-,14-/m1/s1. The van der Waals surface area contributed by atoms with Crippen molar-refractivity contribution < 1.29 is 14.6 Å². The number of ether oxygens (including phenoxy) is 2. The van der Waals surface area contributed by atoms with Crippen molar-refractivity contribution in [1.82, 2.24) is 4.90 Å². The van der Waals surface area contributed by atoms with Crippen LogP contribution in [0, 0.1) is 6.92 Å². The maximum absolute atomic E-state index is 10.00. The fraction of sp³-hybridized carbons (Fsp3) is 0.600. The lowest BCUT2D eigenvalue weighted by Gasteiger charge is -2.32. The van der Waals surface area contributed by atoms with Crippen molar-refractivity contribution in [3.8, 4) is 5.75 Å². The second-order valence-corrected chi connectivity index (χ2v) is 5.22. The molecule has 0 radical (unpaired) electrons.